The Morgan fingerprint density at radius 2 is 1.72 bits per heavy atom. The van der Waals surface area contributed by atoms with Crippen molar-refractivity contribution in [2.45, 2.75) is 38.9 Å². The summed E-state index contributed by atoms with van der Waals surface area (Å²) in [5, 5.41) is 3.44. The molecule has 25 heavy (non-hydrogen) atoms. The van der Waals surface area contributed by atoms with Crippen LogP contribution in [0, 0.1) is 0 Å². The molecule has 0 saturated carbocycles. The molecule has 0 aliphatic carbocycles. The van der Waals surface area contributed by atoms with Gasteiger partial charge < -0.3 is 14.6 Å². The number of anilines is 1. The Morgan fingerprint density at radius 3 is 2.28 bits per heavy atom. The third-order valence-corrected chi connectivity index (χ3v) is 5.66. The van der Waals surface area contributed by atoms with Gasteiger partial charge >= 0.3 is 7.12 Å². The van der Waals surface area contributed by atoms with E-state index in [1.165, 1.54) is 11.3 Å². The van der Waals surface area contributed by atoms with Gasteiger partial charge in [-0.25, -0.2) is 0 Å². The molecule has 2 aromatic rings. The number of benzene rings is 1. The Bertz CT molecular complexity index is 785. The average molecular weight is 357 g/mol. The normalized spacial score (nSPS) is 18.2. The van der Waals surface area contributed by atoms with E-state index in [1.807, 2.05) is 33.8 Å². The van der Waals surface area contributed by atoms with Gasteiger partial charge in [-0.1, -0.05) is 18.2 Å². The summed E-state index contributed by atoms with van der Waals surface area (Å²) >= 11 is 1.21. The van der Waals surface area contributed by atoms with E-state index in [4.69, 9.17) is 9.31 Å². The van der Waals surface area contributed by atoms with Crippen LogP contribution >= 0.6 is 11.3 Å². The first-order valence-corrected chi connectivity index (χ1v) is 8.86. The molecule has 1 aromatic heterocycles. The van der Waals surface area contributed by atoms with Crippen molar-refractivity contribution in [3.63, 3.8) is 0 Å². The molecular weight excluding hydrogens is 337 g/mol. The monoisotopic (exact) mass is 357 g/mol. The fourth-order valence-corrected chi connectivity index (χ4v) is 3.38. The Labute approximate surface area is 151 Å². The second-order valence-corrected chi connectivity index (χ2v) is 8.04. The predicted octanol–water partition coefficient (Wildman–Crippen LogP) is 3.11. The number of nitrogens with one attached hydrogen (secondary N) is 1. The molecule has 0 atom stereocenters. The van der Waals surface area contributed by atoms with Crippen LogP contribution in [0.5, 0.6) is 0 Å². The molecule has 0 radical (unpaired) electrons. The van der Waals surface area contributed by atoms with Crippen molar-refractivity contribution in [3.8, 4) is 0 Å². The Hall–Kier alpha value is -1.96. The molecule has 0 unspecified atom stereocenters. The zero-order chi connectivity index (χ0) is 18.2. The van der Waals surface area contributed by atoms with Gasteiger partial charge in [-0.2, -0.15) is 0 Å². The summed E-state index contributed by atoms with van der Waals surface area (Å²) in [5.41, 5.74) is 0.210. The fraction of sp³-hybridized carbons (Fsp3) is 0.333. The van der Waals surface area contributed by atoms with Crippen LogP contribution in [0.15, 0.2) is 36.4 Å². The van der Waals surface area contributed by atoms with Gasteiger partial charge in [0.15, 0.2) is 6.29 Å². The molecule has 1 amide bonds. The Kier molecular flexibility index (Phi) is 4.57. The number of amides is 1. The van der Waals surface area contributed by atoms with Gasteiger partial charge in [0.1, 0.15) is 0 Å². The zero-order valence-corrected chi connectivity index (χ0v) is 15.5. The fourth-order valence-electron chi connectivity index (χ4n) is 2.49. The van der Waals surface area contributed by atoms with Crippen molar-refractivity contribution >= 4 is 41.1 Å². The predicted molar refractivity (Wildman–Crippen MR) is 99.8 cm³/mol. The van der Waals surface area contributed by atoms with Crippen LogP contribution in [-0.2, 0) is 9.31 Å². The van der Waals surface area contributed by atoms with Crippen LogP contribution in [-0.4, -0.2) is 30.5 Å². The van der Waals surface area contributed by atoms with E-state index < -0.39 is 18.3 Å². The number of thiophene rings is 1. The van der Waals surface area contributed by atoms with Gasteiger partial charge in [0, 0.05) is 11.0 Å². The van der Waals surface area contributed by atoms with Crippen LogP contribution in [0.4, 0.5) is 5.00 Å². The topological polar surface area (TPSA) is 64.6 Å². The molecule has 5 nitrogen and oxygen atoms in total. The van der Waals surface area contributed by atoms with Crippen LogP contribution in [0.1, 0.15) is 47.7 Å². The molecule has 0 bridgehead atoms. The minimum absolute atomic E-state index is 0.238. The van der Waals surface area contributed by atoms with Crippen molar-refractivity contribution < 1.29 is 18.9 Å². The van der Waals surface area contributed by atoms with E-state index >= 15 is 0 Å². The summed E-state index contributed by atoms with van der Waals surface area (Å²) in [5.74, 6) is -0.238. The van der Waals surface area contributed by atoms with Crippen LogP contribution in [0.3, 0.4) is 0 Å². The third-order valence-electron chi connectivity index (χ3n) is 4.67. The second-order valence-electron chi connectivity index (χ2n) is 6.96. The first-order valence-electron chi connectivity index (χ1n) is 8.04. The minimum Gasteiger partial charge on any atom is -0.399 e. The van der Waals surface area contributed by atoms with E-state index in [2.05, 4.69) is 5.32 Å². The van der Waals surface area contributed by atoms with Crippen molar-refractivity contribution in [1.29, 1.82) is 0 Å². The van der Waals surface area contributed by atoms with E-state index in [0.29, 0.717) is 20.9 Å². The average Bonchev–Trinajstić information content (AvgIpc) is 3.06. The highest BCUT2D eigenvalue weighted by Crippen LogP contribution is 2.37. The van der Waals surface area contributed by atoms with Crippen molar-refractivity contribution in [3.05, 3.63) is 46.8 Å². The van der Waals surface area contributed by atoms with Crippen molar-refractivity contribution in [2.75, 3.05) is 5.32 Å². The van der Waals surface area contributed by atoms with Gasteiger partial charge in [0.05, 0.1) is 21.1 Å². The molecule has 7 heteroatoms. The molecule has 1 N–H and O–H groups in total. The van der Waals surface area contributed by atoms with Crippen molar-refractivity contribution in [1.82, 2.24) is 0 Å². The molecule has 3 rings (SSSR count). The maximum Gasteiger partial charge on any atom is 0.497 e. The molecule has 1 fully saturated rings. The maximum atomic E-state index is 12.5. The van der Waals surface area contributed by atoms with Crippen LogP contribution < -0.4 is 10.8 Å². The molecular formula is C18H20BNO4S. The lowest BCUT2D eigenvalue weighted by atomic mass is 9.80. The summed E-state index contributed by atoms with van der Waals surface area (Å²) in [6, 6.07) is 10.6. The molecule has 1 saturated heterocycles. The van der Waals surface area contributed by atoms with E-state index in [1.54, 1.807) is 30.3 Å². The standard InChI is InChI=1S/C18H20BNO4S/c1-17(2)18(3,4)24-19(23-17)14-10-13(11-21)25-16(14)20-15(22)12-8-6-5-7-9-12/h5-11H,1-4H3,(H,20,22). The summed E-state index contributed by atoms with van der Waals surface area (Å²) in [4.78, 5) is 24.2. The number of hydrogen-bond donors (Lipinski definition) is 1. The van der Waals surface area contributed by atoms with Gasteiger partial charge in [0.25, 0.3) is 5.91 Å². The highest BCUT2D eigenvalue weighted by Gasteiger charge is 2.52. The number of carbonyl (C=O) groups is 2. The first kappa shape index (κ1) is 17.9. The number of carbonyl (C=O) groups excluding carboxylic acids is 2. The second kappa shape index (κ2) is 6.40. The molecule has 2 heterocycles. The first-order chi connectivity index (χ1) is 11.7. The maximum absolute atomic E-state index is 12.5. The van der Waals surface area contributed by atoms with Gasteiger partial charge in [-0.15, -0.1) is 11.3 Å². The quantitative estimate of drug-likeness (QED) is 0.675. The number of rotatable bonds is 4. The largest absolute Gasteiger partial charge is 0.497 e. The van der Waals surface area contributed by atoms with E-state index in [-0.39, 0.29) is 5.91 Å². The van der Waals surface area contributed by atoms with Crippen LogP contribution in [0.2, 0.25) is 0 Å². The third kappa shape index (κ3) is 3.40. The Morgan fingerprint density at radius 1 is 1.12 bits per heavy atom. The zero-order valence-electron chi connectivity index (χ0n) is 14.7. The lowest BCUT2D eigenvalue weighted by Crippen LogP contribution is -2.41. The lowest BCUT2D eigenvalue weighted by Gasteiger charge is -2.32. The summed E-state index contributed by atoms with van der Waals surface area (Å²) < 4.78 is 12.1. The number of aldehydes is 1. The molecule has 130 valence electrons. The summed E-state index contributed by atoms with van der Waals surface area (Å²) in [6.45, 7) is 7.84. The minimum atomic E-state index is -0.638. The SMILES string of the molecule is CC1(C)OB(c2cc(C=O)sc2NC(=O)c2ccccc2)OC1(C)C. The van der Waals surface area contributed by atoms with E-state index in [0.717, 1.165) is 6.29 Å². The van der Waals surface area contributed by atoms with Crippen molar-refractivity contribution in [2.24, 2.45) is 0 Å². The van der Waals surface area contributed by atoms with Gasteiger partial charge in [0.2, 0.25) is 0 Å². The Balaban J connectivity index is 1.90. The van der Waals surface area contributed by atoms with Gasteiger partial charge in [-0.3, -0.25) is 9.59 Å². The smallest absolute Gasteiger partial charge is 0.399 e. The van der Waals surface area contributed by atoms with E-state index in [9.17, 15) is 9.59 Å². The summed E-state index contributed by atoms with van der Waals surface area (Å²) in [6.07, 6.45) is 0.761. The molecule has 0 spiro atoms. The molecule has 1 aromatic carbocycles. The lowest BCUT2D eigenvalue weighted by molar-refractivity contribution is 0.00578. The molecule has 1 aliphatic rings. The summed E-state index contributed by atoms with van der Waals surface area (Å²) in [7, 11) is -0.638. The van der Waals surface area contributed by atoms with Crippen LogP contribution in [0.25, 0.3) is 0 Å². The molecule has 1 aliphatic heterocycles. The highest BCUT2D eigenvalue weighted by molar-refractivity contribution is 7.19. The highest BCUT2D eigenvalue weighted by atomic mass is 32.1. The number of hydrogen-bond acceptors (Lipinski definition) is 5. The van der Waals surface area contributed by atoms with Gasteiger partial charge in [-0.05, 0) is 45.9 Å².